The lowest BCUT2D eigenvalue weighted by atomic mass is 9.79. The summed E-state index contributed by atoms with van der Waals surface area (Å²) in [5.41, 5.74) is 3.31. The summed E-state index contributed by atoms with van der Waals surface area (Å²) in [4.78, 5) is 33.8. The summed E-state index contributed by atoms with van der Waals surface area (Å²) in [7, 11) is 3.58. The van der Waals surface area contributed by atoms with E-state index in [0.717, 1.165) is 16.7 Å². The molecule has 1 aliphatic rings. The third-order valence-corrected chi connectivity index (χ3v) is 5.99. The lowest BCUT2D eigenvalue weighted by molar-refractivity contribution is -0.138. The molecule has 1 aliphatic heterocycles. The van der Waals surface area contributed by atoms with E-state index < -0.39 is 5.41 Å². The first-order valence-electron chi connectivity index (χ1n) is 10.5. The summed E-state index contributed by atoms with van der Waals surface area (Å²) in [6.45, 7) is 0.971. The van der Waals surface area contributed by atoms with Gasteiger partial charge in [-0.2, -0.15) is 0 Å². The molecule has 1 atom stereocenters. The molecule has 4 rings (SSSR count). The van der Waals surface area contributed by atoms with Crippen molar-refractivity contribution in [3.05, 3.63) is 90.3 Å². The molecule has 1 aromatic heterocycles. The number of carbonyl (C=O) groups is 2. The standard InChI is InChI=1S/C26H27N3O2/c1-28(2)25(31)26(13-15-29(19-26)24(30)23-12-7-14-27-18-23)17-20-8-6-11-22(16-20)21-9-4-3-5-10-21/h3-12,14,16,18H,13,15,17,19H2,1-2H3/t26-/m0/s1. The topological polar surface area (TPSA) is 53.5 Å². The predicted octanol–water partition coefficient (Wildman–Crippen LogP) is 3.91. The van der Waals surface area contributed by atoms with Crippen LogP contribution in [0.3, 0.4) is 0 Å². The second-order valence-electron chi connectivity index (χ2n) is 8.44. The van der Waals surface area contributed by atoms with Crippen molar-refractivity contribution in [1.29, 1.82) is 0 Å². The number of nitrogens with zero attached hydrogens (tertiary/aromatic N) is 3. The second kappa shape index (κ2) is 8.72. The van der Waals surface area contributed by atoms with E-state index in [1.54, 1.807) is 48.4 Å². The first-order valence-corrected chi connectivity index (χ1v) is 10.5. The van der Waals surface area contributed by atoms with Gasteiger partial charge in [0.25, 0.3) is 5.91 Å². The summed E-state index contributed by atoms with van der Waals surface area (Å²) < 4.78 is 0. The quantitative estimate of drug-likeness (QED) is 0.637. The molecule has 3 aromatic rings. The van der Waals surface area contributed by atoms with Gasteiger partial charge in [0.15, 0.2) is 0 Å². The molecule has 0 unspecified atom stereocenters. The van der Waals surface area contributed by atoms with Crippen molar-refractivity contribution in [2.24, 2.45) is 5.41 Å². The van der Waals surface area contributed by atoms with Crippen LogP contribution in [0.15, 0.2) is 79.1 Å². The zero-order valence-electron chi connectivity index (χ0n) is 18.0. The van der Waals surface area contributed by atoms with Crippen LogP contribution in [0.2, 0.25) is 0 Å². The summed E-state index contributed by atoms with van der Waals surface area (Å²) in [5.74, 6) is -0.00123. The van der Waals surface area contributed by atoms with E-state index in [2.05, 4.69) is 35.3 Å². The minimum atomic E-state index is -0.628. The van der Waals surface area contributed by atoms with Gasteiger partial charge in [-0.25, -0.2) is 0 Å². The monoisotopic (exact) mass is 413 g/mol. The molecule has 0 N–H and O–H groups in total. The van der Waals surface area contributed by atoms with Gasteiger partial charge in [0.2, 0.25) is 5.91 Å². The Bertz CT molecular complexity index is 1070. The predicted molar refractivity (Wildman–Crippen MR) is 121 cm³/mol. The molecule has 0 bridgehead atoms. The minimum Gasteiger partial charge on any atom is -0.348 e. The Morgan fingerprint density at radius 1 is 1.00 bits per heavy atom. The van der Waals surface area contributed by atoms with E-state index in [1.165, 1.54) is 0 Å². The van der Waals surface area contributed by atoms with Gasteiger partial charge in [-0.05, 0) is 41.7 Å². The number of hydrogen-bond donors (Lipinski definition) is 0. The van der Waals surface area contributed by atoms with E-state index in [9.17, 15) is 9.59 Å². The molecular weight excluding hydrogens is 386 g/mol. The van der Waals surface area contributed by atoms with E-state index in [0.29, 0.717) is 31.5 Å². The Labute approximate surface area is 183 Å². The maximum Gasteiger partial charge on any atom is 0.255 e. The molecule has 0 saturated carbocycles. The number of amides is 2. The molecule has 5 heteroatoms. The van der Waals surface area contributed by atoms with Gasteiger partial charge >= 0.3 is 0 Å². The van der Waals surface area contributed by atoms with Crippen LogP contribution in [0.5, 0.6) is 0 Å². The maximum absolute atomic E-state index is 13.3. The number of hydrogen-bond acceptors (Lipinski definition) is 3. The molecule has 5 nitrogen and oxygen atoms in total. The number of benzene rings is 2. The van der Waals surface area contributed by atoms with E-state index in [1.807, 2.05) is 24.3 Å². The zero-order valence-corrected chi connectivity index (χ0v) is 18.0. The van der Waals surface area contributed by atoms with Crippen LogP contribution in [0, 0.1) is 5.41 Å². The Kier molecular flexibility index (Phi) is 5.85. The van der Waals surface area contributed by atoms with Crippen molar-refractivity contribution in [3.63, 3.8) is 0 Å². The number of pyridine rings is 1. The smallest absolute Gasteiger partial charge is 0.255 e. The highest BCUT2D eigenvalue weighted by atomic mass is 16.2. The fraction of sp³-hybridized carbons (Fsp3) is 0.269. The number of likely N-dealkylation sites (tertiary alicyclic amines) is 1. The summed E-state index contributed by atoms with van der Waals surface area (Å²) in [5, 5.41) is 0. The van der Waals surface area contributed by atoms with Crippen LogP contribution in [-0.4, -0.2) is 53.8 Å². The Balaban J connectivity index is 1.61. The lowest BCUT2D eigenvalue weighted by Crippen LogP contribution is -2.44. The Morgan fingerprint density at radius 3 is 2.48 bits per heavy atom. The molecule has 2 aromatic carbocycles. The van der Waals surface area contributed by atoms with Crippen LogP contribution in [0.25, 0.3) is 11.1 Å². The average molecular weight is 414 g/mol. The molecule has 0 radical (unpaired) electrons. The minimum absolute atomic E-state index is 0.0686. The average Bonchev–Trinajstić information content (AvgIpc) is 3.24. The SMILES string of the molecule is CN(C)C(=O)[C@]1(Cc2cccc(-c3ccccc3)c2)CCN(C(=O)c2cccnc2)C1. The van der Waals surface area contributed by atoms with E-state index in [-0.39, 0.29) is 11.8 Å². The summed E-state index contributed by atoms with van der Waals surface area (Å²) in [6, 6.07) is 22.1. The van der Waals surface area contributed by atoms with Crippen molar-refractivity contribution >= 4 is 11.8 Å². The van der Waals surface area contributed by atoms with Gasteiger partial charge in [0.1, 0.15) is 0 Å². The van der Waals surface area contributed by atoms with E-state index in [4.69, 9.17) is 0 Å². The summed E-state index contributed by atoms with van der Waals surface area (Å²) >= 11 is 0. The molecule has 31 heavy (non-hydrogen) atoms. The van der Waals surface area contributed by atoms with Crippen molar-refractivity contribution in [3.8, 4) is 11.1 Å². The van der Waals surface area contributed by atoms with Crippen molar-refractivity contribution in [1.82, 2.24) is 14.8 Å². The van der Waals surface area contributed by atoms with E-state index >= 15 is 0 Å². The molecule has 2 heterocycles. The maximum atomic E-state index is 13.3. The molecule has 0 aliphatic carbocycles. The fourth-order valence-electron chi connectivity index (χ4n) is 4.47. The largest absolute Gasteiger partial charge is 0.348 e. The highest BCUT2D eigenvalue weighted by molar-refractivity contribution is 5.95. The number of aromatic nitrogens is 1. The van der Waals surface area contributed by atoms with Crippen molar-refractivity contribution in [2.45, 2.75) is 12.8 Å². The third kappa shape index (κ3) is 4.36. The fourth-order valence-corrected chi connectivity index (χ4v) is 4.47. The first kappa shape index (κ1) is 20.8. The molecule has 2 amide bonds. The van der Waals surface area contributed by atoms with Gasteiger partial charge in [0.05, 0.1) is 11.0 Å². The normalized spacial score (nSPS) is 18.1. The first-order chi connectivity index (χ1) is 15.0. The van der Waals surface area contributed by atoms with Crippen LogP contribution in [0.1, 0.15) is 22.3 Å². The molecule has 1 saturated heterocycles. The van der Waals surface area contributed by atoms with Crippen LogP contribution in [0.4, 0.5) is 0 Å². The van der Waals surface area contributed by atoms with Gasteiger partial charge in [-0.15, -0.1) is 0 Å². The highest BCUT2D eigenvalue weighted by Crippen LogP contribution is 2.37. The van der Waals surface area contributed by atoms with Gasteiger partial charge in [0, 0.05) is 39.6 Å². The van der Waals surface area contributed by atoms with Gasteiger partial charge in [-0.3, -0.25) is 14.6 Å². The summed E-state index contributed by atoms with van der Waals surface area (Å²) in [6.07, 6.45) is 4.48. The van der Waals surface area contributed by atoms with Crippen molar-refractivity contribution in [2.75, 3.05) is 27.2 Å². The Morgan fingerprint density at radius 2 is 1.77 bits per heavy atom. The highest BCUT2D eigenvalue weighted by Gasteiger charge is 2.46. The molecule has 158 valence electrons. The van der Waals surface area contributed by atoms with Crippen molar-refractivity contribution < 1.29 is 9.59 Å². The molecule has 0 spiro atoms. The van der Waals surface area contributed by atoms with Crippen LogP contribution < -0.4 is 0 Å². The molecular formula is C26H27N3O2. The van der Waals surface area contributed by atoms with Gasteiger partial charge < -0.3 is 9.80 Å². The second-order valence-corrected chi connectivity index (χ2v) is 8.44. The Hall–Kier alpha value is -3.47. The number of rotatable bonds is 5. The third-order valence-electron chi connectivity index (χ3n) is 5.99. The van der Waals surface area contributed by atoms with Crippen LogP contribution >= 0.6 is 0 Å². The molecule has 1 fully saturated rings. The lowest BCUT2D eigenvalue weighted by Gasteiger charge is -2.31. The zero-order chi connectivity index (χ0) is 21.8. The van der Waals surface area contributed by atoms with Gasteiger partial charge in [-0.1, -0.05) is 54.6 Å². The van der Waals surface area contributed by atoms with Crippen LogP contribution in [-0.2, 0) is 11.2 Å². The number of carbonyl (C=O) groups excluding carboxylic acids is 2.